The summed E-state index contributed by atoms with van der Waals surface area (Å²) in [6, 6.07) is 18.9. The third-order valence-corrected chi connectivity index (χ3v) is 7.17. The Balaban J connectivity index is 1.97. The first-order chi connectivity index (χ1) is 17.0. The van der Waals surface area contributed by atoms with E-state index >= 15 is 0 Å². The highest BCUT2D eigenvalue weighted by atomic mass is 35.5. The Kier molecular flexibility index (Phi) is 8.98. The highest BCUT2D eigenvalue weighted by molar-refractivity contribution is 7.92. The Morgan fingerprint density at radius 1 is 0.972 bits per heavy atom. The van der Waals surface area contributed by atoms with E-state index in [2.05, 4.69) is 5.32 Å². The zero-order valence-electron chi connectivity index (χ0n) is 20.9. The highest BCUT2D eigenvalue weighted by Gasteiger charge is 2.30. The van der Waals surface area contributed by atoms with E-state index in [9.17, 15) is 18.0 Å². The molecule has 0 aromatic heterocycles. The molecule has 0 aliphatic rings. The lowest BCUT2D eigenvalue weighted by Crippen LogP contribution is -2.51. The fourth-order valence-corrected chi connectivity index (χ4v) is 4.96. The lowest BCUT2D eigenvalue weighted by Gasteiger charge is -2.32. The number of nitrogens with zero attached hydrogens (tertiary/aromatic N) is 2. The Morgan fingerprint density at radius 2 is 1.64 bits per heavy atom. The van der Waals surface area contributed by atoms with Gasteiger partial charge in [-0.2, -0.15) is 0 Å². The van der Waals surface area contributed by atoms with Crippen molar-refractivity contribution in [1.29, 1.82) is 0 Å². The molecule has 0 fully saturated rings. The molecule has 0 spiro atoms. The normalized spacial score (nSPS) is 12.4. The Hall–Kier alpha value is -3.10. The lowest BCUT2D eigenvalue weighted by atomic mass is 10.1. The average molecular weight is 530 g/mol. The quantitative estimate of drug-likeness (QED) is 0.420. The van der Waals surface area contributed by atoms with Crippen molar-refractivity contribution in [2.75, 3.05) is 23.7 Å². The van der Waals surface area contributed by atoms with Crippen LogP contribution in [0.5, 0.6) is 0 Å². The molecule has 0 bridgehead atoms. The van der Waals surface area contributed by atoms with Crippen LogP contribution < -0.4 is 9.62 Å². The smallest absolute Gasteiger partial charge is 0.244 e. The first kappa shape index (κ1) is 27.5. The van der Waals surface area contributed by atoms with Gasteiger partial charge in [-0.25, -0.2) is 8.42 Å². The number of hydrogen-bond donors (Lipinski definition) is 1. The largest absolute Gasteiger partial charge is 0.354 e. The van der Waals surface area contributed by atoms with Gasteiger partial charge in [-0.1, -0.05) is 74.0 Å². The molecule has 0 heterocycles. The monoisotopic (exact) mass is 529 g/mol. The SMILES string of the molecule is CC(C)CNC(=O)C(C)N(Cc1cccc(Cl)c1)C(=O)CN(c1cccc2ccccc12)S(C)(=O)=O. The van der Waals surface area contributed by atoms with Crippen molar-refractivity contribution < 1.29 is 18.0 Å². The molecule has 7 nitrogen and oxygen atoms in total. The van der Waals surface area contributed by atoms with Gasteiger partial charge in [0.15, 0.2) is 0 Å². The van der Waals surface area contributed by atoms with Gasteiger partial charge in [0.05, 0.1) is 11.9 Å². The molecule has 0 radical (unpaired) electrons. The first-order valence-corrected chi connectivity index (χ1v) is 14.0. The van der Waals surface area contributed by atoms with Crippen LogP contribution in [0, 0.1) is 5.92 Å². The van der Waals surface area contributed by atoms with Crippen molar-refractivity contribution in [2.45, 2.75) is 33.4 Å². The molecule has 9 heteroatoms. The minimum Gasteiger partial charge on any atom is -0.354 e. The summed E-state index contributed by atoms with van der Waals surface area (Å²) in [5.41, 5.74) is 1.14. The number of benzene rings is 3. The van der Waals surface area contributed by atoms with Gasteiger partial charge in [-0.05, 0) is 42.0 Å². The molecule has 36 heavy (non-hydrogen) atoms. The molecule has 192 valence electrons. The van der Waals surface area contributed by atoms with Crippen LogP contribution in [0.4, 0.5) is 5.69 Å². The maximum Gasteiger partial charge on any atom is 0.244 e. The van der Waals surface area contributed by atoms with Crippen LogP contribution in [0.15, 0.2) is 66.7 Å². The summed E-state index contributed by atoms with van der Waals surface area (Å²) in [6.07, 6.45) is 1.07. The van der Waals surface area contributed by atoms with E-state index in [1.807, 2.05) is 50.2 Å². The number of halogens is 1. The van der Waals surface area contributed by atoms with Crippen molar-refractivity contribution in [1.82, 2.24) is 10.2 Å². The predicted octanol–water partition coefficient (Wildman–Crippen LogP) is 4.45. The molecule has 0 aliphatic heterocycles. The van der Waals surface area contributed by atoms with E-state index in [1.54, 1.807) is 37.3 Å². The summed E-state index contributed by atoms with van der Waals surface area (Å²) in [5.74, 6) is -0.569. The Morgan fingerprint density at radius 3 is 2.31 bits per heavy atom. The van der Waals surface area contributed by atoms with Gasteiger partial charge in [-0.15, -0.1) is 0 Å². The maximum atomic E-state index is 13.7. The van der Waals surface area contributed by atoms with Gasteiger partial charge in [0.1, 0.15) is 12.6 Å². The fourth-order valence-electron chi connectivity index (χ4n) is 3.89. The van der Waals surface area contributed by atoms with Gasteiger partial charge in [-0.3, -0.25) is 13.9 Å². The van der Waals surface area contributed by atoms with Crippen molar-refractivity contribution in [3.8, 4) is 0 Å². The molecule has 0 saturated heterocycles. The molecule has 0 saturated carbocycles. The van der Waals surface area contributed by atoms with Crippen LogP contribution in [0.3, 0.4) is 0 Å². The van der Waals surface area contributed by atoms with Gasteiger partial charge in [0.25, 0.3) is 0 Å². The third-order valence-electron chi connectivity index (χ3n) is 5.81. The van der Waals surface area contributed by atoms with Crippen molar-refractivity contribution in [2.24, 2.45) is 5.92 Å². The van der Waals surface area contributed by atoms with E-state index < -0.39 is 28.5 Å². The van der Waals surface area contributed by atoms with E-state index in [-0.39, 0.29) is 18.4 Å². The number of fused-ring (bicyclic) bond motifs is 1. The number of carbonyl (C=O) groups is 2. The van der Waals surface area contributed by atoms with E-state index in [0.29, 0.717) is 22.6 Å². The van der Waals surface area contributed by atoms with E-state index in [1.165, 1.54) is 4.90 Å². The summed E-state index contributed by atoms with van der Waals surface area (Å²) < 4.78 is 26.9. The van der Waals surface area contributed by atoms with Crippen molar-refractivity contribution in [3.05, 3.63) is 77.3 Å². The second kappa shape index (κ2) is 11.8. The van der Waals surface area contributed by atoms with E-state index in [0.717, 1.165) is 21.5 Å². The molecule has 3 aromatic carbocycles. The second-order valence-corrected chi connectivity index (χ2v) is 11.6. The molecule has 3 aromatic rings. The minimum absolute atomic E-state index is 0.1000. The van der Waals surface area contributed by atoms with Gasteiger partial charge in [0.2, 0.25) is 21.8 Å². The minimum atomic E-state index is -3.82. The standard InChI is InChI=1S/C27H32ClN3O4S/c1-19(2)16-29-27(33)20(3)30(17-21-9-7-12-23(28)15-21)26(32)18-31(36(4,34)35)25-14-8-11-22-10-5-6-13-24(22)25/h5-15,19-20H,16-18H2,1-4H3,(H,29,33). The first-order valence-electron chi connectivity index (χ1n) is 11.7. The van der Waals surface area contributed by atoms with Gasteiger partial charge in [0, 0.05) is 23.5 Å². The number of rotatable bonds is 10. The molecule has 2 amide bonds. The van der Waals surface area contributed by atoms with Gasteiger partial charge < -0.3 is 10.2 Å². The van der Waals surface area contributed by atoms with Crippen LogP contribution in [0.2, 0.25) is 5.02 Å². The summed E-state index contributed by atoms with van der Waals surface area (Å²) >= 11 is 6.14. The molecule has 1 unspecified atom stereocenters. The molecule has 1 atom stereocenters. The maximum absolute atomic E-state index is 13.7. The number of sulfonamides is 1. The van der Waals surface area contributed by atoms with Crippen LogP contribution in [0.1, 0.15) is 26.3 Å². The lowest BCUT2D eigenvalue weighted by molar-refractivity contribution is -0.139. The van der Waals surface area contributed by atoms with Crippen LogP contribution >= 0.6 is 11.6 Å². The van der Waals surface area contributed by atoms with Crippen molar-refractivity contribution in [3.63, 3.8) is 0 Å². The fraction of sp³-hybridized carbons (Fsp3) is 0.333. The number of hydrogen-bond acceptors (Lipinski definition) is 4. The number of nitrogens with one attached hydrogen (secondary N) is 1. The predicted molar refractivity (Wildman–Crippen MR) is 145 cm³/mol. The summed E-state index contributed by atoms with van der Waals surface area (Å²) in [6.45, 7) is 5.72. The molecule has 1 N–H and O–H groups in total. The Bertz CT molecular complexity index is 1340. The van der Waals surface area contributed by atoms with Crippen molar-refractivity contribution >= 4 is 49.9 Å². The summed E-state index contributed by atoms with van der Waals surface area (Å²) in [4.78, 5) is 28.0. The second-order valence-electron chi connectivity index (χ2n) is 9.23. The van der Waals surface area contributed by atoms with Crippen LogP contribution in [-0.4, -0.2) is 50.5 Å². The molecular weight excluding hydrogens is 498 g/mol. The third kappa shape index (κ3) is 6.98. The zero-order chi connectivity index (χ0) is 26.5. The van der Waals surface area contributed by atoms with Gasteiger partial charge >= 0.3 is 0 Å². The average Bonchev–Trinajstić information content (AvgIpc) is 2.83. The zero-order valence-corrected chi connectivity index (χ0v) is 22.5. The van der Waals surface area contributed by atoms with E-state index in [4.69, 9.17) is 11.6 Å². The Labute approximate surface area is 218 Å². The number of amides is 2. The summed E-state index contributed by atoms with van der Waals surface area (Å²) in [5, 5.41) is 4.93. The highest BCUT2D eigenvalue weighted by Crippen LogP contribution is 2.28. The number of anilines is 1. The topological polar surface area (TPSA) is 86.8 Å². The number of carbonyl (C=O) groups excluding carboxylic acids is 2. The van der Waals surface area contributed by atoms with Crippen LogP contribution in [0.25, 0.3) is 10.8 Å². The molecule has 3 rings (SSSR count). The molecular formula is C27H32ClN3O4S. The molecule has 0 aliphatic carbocycles. The summed E-state index contributed by atoms with van der Waals surface area (Å²) in [7, 11) is -3.82. The van der Waals surface area contributed by atoms with Crippen LogP contribution in [-0.2, 0) is 26.2 Å².